The van der Waals surface area contributed by atoms with Crippen molar-refractivity contribution >= 4 is 32.4 Å². The summed E-state index contributed by atoms with van der Waals surface area (Å²) in [7, 11) is -3.71. The Morgan fingerprint density at radius 1 is 1.03 bits per heavy atom. The summed E-state index contributed by atoms with van der Waals surface area (Å²) < 4.78 is 27.6. The first-order chi connectivity index (χ1) is 13.8. The molecule has 2 aromatic carbocycles. The second-order valence-corrected chi connectivity index (χ2v) is 8.50. The number of nitrogens with one attached hydrogen (secondary N) is 2. The molecule has 2 N–H and O–H groups in total. The molecule has 0 atom stereocenters. The fraction of sp³-hybridized carbons (Fsp3) is 0.273. The van der Waals surface area contributed by atoms with E-state index in [4.69, 9.17) is 0 Å². The first kappa shape index (κ1) is 20.8. The van der Waals surface area contributed by atoms with Crippen LogP contribution in [-0.2, 0) is 27.7 Å². The van der Waals surface area contributed by atoms with E-state index in [1.165, 1.54) is 0 Å². The highest BCUT2D eigenvalue weighted by Gasteiger charge is 2.32. The SMILES string of the molecule is CCc1ccc(C2=C(C)C(=NCC(=O)Nc3cccc(CC)c3)NS2(=O)=O)cc1. The van der Waals surface area contributed by atoms with Crippen LogP contribution in [0.4, 0.5) is 5.69 Å². The Kier molecular flexibility index (Phi) is 6.17. The number of rotatable bonds is 6. The Morgan fingerprint density at radius 3 is 2.38 bits per heavy atom. The molecular weight excluding hydrogens is 386 g/mol. The second kappa shape index (κ2) is 8.61. The van der Waals surface area contributed by atoms with Crippen molar-refractivity contribution in [2.75, 3.05) is 11.9 Å². The van der Waals surface area contributed by atoms with Crippen LogP contribution in [0, 0.1) is 0 Å². The summed E-state index contributed by atoms with van der Waals surface area (Å²) in [5.74, 6) is -0.101. The van der Waals surface area contributed by atoms with Gasteiger partial charge in [0.25, 0.3) is 10.0 Å². The molecule has 1 aliphatic rings. The molecule has 1 amide bonds. The van der Waals surface area contributed by atoms with Crippen molar-refractivity contribution in [2.24, 2.45) is 4.99 Å². The molecule has 0 saturated carbocycles. The number of amidine groups is 1. The van der Waals surface area contributed by atoms with E-state index < -0.39 is 10.0 Å². The van der Waals surface area contributed by atoms with Crippen molar-refractivity contribution < 1.29 is 13.2 Å². The van der Waals surface area contributed by atoms with Gasteiger partial charge in [-0.05, 0) is 48.6 Å². The lowest BCUT2D eigenvalue weighted by atomic mass is 10.1. The van der Waals surface area contributed by atoms with E-state index in [2.05, 4.69) is 15.0 Å². The third-order valence-electron chi connectivity index (χ3n) is 4.82. The van der Waals surface area contributed by atoms with Gasteiger partial charge in [-0.1, -0.05) is 50.2 Å². The van der Waals surface area contributed by atoms with Crippen molar-refractivity contribution in [1.29, 1.82) is 0 Å². The van der Waals surface area contributed by atoms with E-state index in [-0.39, 0.29) is 23.2 Å². The first-order valence-electron chi connectivity index (χ1n) is 9.60. The third-order valence-corrected chi connectivity index (χ3v) is 6.36. The van der Waals surface area contributed by atoms with Gasteiger partial charge in [-0.15, -0.1) is 0 Å². The summed E-state index contributed by atoms with van der Waals surface area (Å²) in [6.07, 6.45) is 1.76. The van der Waals surface area contributed by atoms with Crippen LogP contribution >= 0.6 is 0 Å². The molecule has 0 aliphatic carbocycles. The number of hydrogen-bond donors (Lipinski definition) is 2. The normalized spacial score (nSPS) is 16.7. The zero-order chi connectivity index (χ0) is 21.0. The van der Waals surface area contributed by atoms with Crippen LogP contribution in [0.15, 0.2) is 59.1 Å². The van der Waals surface area contributed by atoms with Crippen molar-refractivity contribution in [3.63, 3.8) is 0 Å². The fourth-order valence-corrected chi connectivity index (χ4v) is 4.72. The lowest BCUT2D eigenvalue weighted by Crippen LogP contribution is -2.25. The number of sulfonamides is 1. The number of carbonyl (C=O) groups is 1. The first-order valence-corrected chi connectivity index (χ1v) is 11.1. The van der Waals surface area contributed by atoms with Crippen LogP contribution in [0.1, 0.15) is 37.5 Å². The largest absolute Gasteiger partial charge is 0.324 e. The van der Waals surface area contributed by atoms with Gasteiger partial charge in [-0.25, -0.2) is 8.42 Å². The number of aliphatic imine (C=N–C) groups is 1. The summed E-state index contributed by atoms with van der Waals surface area (Å²) in [5.41, 5.74) is 4.07. The number of nitrogens with zero attached hydrogens (tertiary/aromatic N) is 1. The van der Waals surface area contributed by atoms with Crippen molar-refractivity contribution in [1.82, 2.24) is 4.72 Å². The van der Waals surface area contributed by atoms with Gasteiger partial charge in [0.05, 0.1) is 0 Å². The molecular formula is C22H25N3O3S. The zero-order valence-corrected chi connectivity index (χ0v) is 17.6. The summed E-state index contributed by atoms with van der Waals surface area (Å²) in [6.45, 7) is 5.61. The smallest absolute Gasteiger partial charge is 0.264 e. The Morgan fingerprint density at radius 2 is 1.72 bits per heavy atom. The van der Waals surface area contributed by atoms with Crippen LogP contribution in [-0.4, -0.2) is 26.7 Å². The van der Waals surface area contributed by atoms with Crippen molar-refractivity contribution in [3.05, 3.63) is 70.8 Å². The Hall–Kier alpha value is -2.93. The lowest BCUT2D eigenvalue weighted by Gasteiger charge is -2.06. The maximum atomic E-state index is 12.6. The predicted octanol–water partition coefficient (Wildman–Crippen LogP) is 3.51. The molecule has 152 valence electrons. The Balaban J connectivity index is 1.78. The minimum absolute atomic E-state index is 0.173. The predicted molar refractivity (Wildman–Crippen MR) is 117 cm³/mol. The molecule has 6 nitrogen and oxygen atoms in total. The summed E-state index contributed by atoms with van der Waals surface area (Å²) in [6, 6.07) is 15.0. The molecule has 1 heterocycles. The number of amides is 1. The molecule has 0 saturated heterocycles. The van der Waals surface area contributed by atoms with E-state index >= 15 is 0 Å². The van der Waals surface area contributed by atoms with Gasteiger partial charge in [-0.3, -0.25) is 14.5 Å². The second-order valence-electron chi connectivity index (χ2n) is 6.88. The Bertz CT molecular complexity index is 1080. The number of benzene rings is 2. The fourth-order valence-electron chi connectivity index (χ4n) is 3.20. The van der Waals surface area contributed by atoms with E-state index in [0.29, 0.717) is 16.8 Å². The summed E-state index contributed by atoms with van der Waals surface area (Å²) in [4.78, 5) is 16.7. The quantitative estimate of drug-likeness (QED) is 0.762. The van der Waals surface area contributed by atoms with Gasteiger partial charge >= 0.3 is 0 Å². The molecule has 0 radical (unpaired) electrons. The average Bonchev–Trinajstić information content (AvgIpc) is 2.94. The van der Waals surface area contributed by atoms with Crippen molar-refractivity contribution in [2.45, 2.75) is 33.6 Å². The van der Waals surface area contributed by atoms with Gasteiger partial charge in [0, 0.05) is 11.3 Å². The van der Waals surface area contributed by atoms with Gasteiger partial charge in [0.15, 0.2) is 0 Å². The topological polar surface area (TPSA) is 87.6 Å². The molecule has 1 aliphatic heterocycles. The highest BCUT2D eigenvalue weighted by atomic mass is 32.2. The summed E-state index contributed by atoms with van der Waals surface area (Å²) in [5, 5.41) is 2.79. The monoisotopic (exact) mass is 411 g/mol. The number of hydrogen-bond acceptors (Lipinski definition) is 4. The minimum Gasteiger partial charge on any atom is -0.324 e. The number of anilines is 1. The van der Waals surface area contributed by atoms with E-state index in [1.807, 2.05) is 50.2 Å². The van der Waals surface area contributed by atoms with Crippen LogP contribution in [0.3, 0.4) is 0 Å². The maximum absolute atomic E-state index is 12.6. The highest BCUT2D eigenvalue weighted by Crippen LogP contribution is 2.30. The molecule has 0 unspecified atom stereocenters. The molecule has 7 heteroatoms. The Labute approximate surface area is 171 Å². The van der Waals surface area contributed by atoms with Crippen LogP contribution in [0.25, 0.3) is 4.91 Å². The van der Waals surface area contributed by atoms with Crippen molar-refractivity contribution in [3.8, 4) is 0 Å². The van der Waals surface area contributed by atoms with Gasteiger partial charge in [0.1, 0.15) is 17.3 Å². The zero-order valence-electron chi connectivity index (χ0n) is 16.8. The van der Waals surface area contributed by atoms with Gasteiger partial charge in [0.2, 0.25) is 5.91 Å². The van der Waals surface area contributed by atoms with Gasteiger partial charge < -0.3 is 5.32 Å². The van der Waals surface area contributed by atoms with Crippen LogP contribution in [0.2, 0.25) is 0 Å². The third kappa shape index (κ3) is 4.74. The molecule has 3 rings (SSSR count). The number of aryl methyl sites for hydroxylation is 2. The average molecular weight is 412 g/mol. The summed E-state index contributed by atoms with van der Waals surface area (Å²) >= 11 is 0. The van der Waals surface area contributed by atoms with Crippen LogP contribution < -0.4 is 10.0 Å². The highest BCUT2D eigenvalue weighted by molar-refractivity contribution is 8.00. The molecule has 0 spiro atoms. The van der Waals surface area contributed by atoms with E-state index in [0.717, 1.165) is 24.0 Å². The number of carbonyl (C=O) groups excluding carboxylic acids is 1. The molecule has 0 aromatic heterocycles. The minimum atomic E-state index is -3.71. The lowest BCUT2D eigenvalue weighted by molar-refractivity contribution is -0.114. The van der Waals surface area contributed by atoms with Crippen LogP contribution in [0.5, 0.6) is 0 Å². The standard InChI is InChI=1S/C22H25N3O3S/c1-4-16-9-11-18(12-10-16)21-15(3)22(25-29(21,27)28)23-14-20(26)24-19-8-6-7-17(5-2)13-19/h6-13H,4-5,14H2,1-3H3,(H,23,25)(H,24,26). The molecule has 2 aromatic rings. The van der Waals surface area contributed by atoms with Gasteiger partial charge in [-0.2, -0.15) is 0 Å². The molecule has 0 fully saturated rings. The molecule has 29 heavy (non-hydrogen) atoms. The molecule has 0 bridgehead atoms. The van der Waals surface area contributed by atoms with E-state index in [9.17, 15) is 13.2 Å². The maximum Gasteiger partial charge on any atom is 0.264 e. The van der Waals surface area contributed by atoms with E-state index in [1.54, 1.807) is 19.1 Å².